The largest absolute Gasteiger partial charge is 0.351 e. The van der Waals surface area contributed by atoms with Crippen molar-refractivity contribution in [2.75, 3.05) is 24.7 Å². The van der Waals surface area contributed by atoms with Crippen LogP contribution >= 0.6 is 11.6 Å². The van der Waals surface area contributed by atoms with Crippen molar-refractivity contribution >= 4 is 40.1 Å². The van der Waals surface area contributed by atoms with E-state index in [-0.39, 0.29) is 0 Å². The number of hydrogen-bond acceptors (Lipinski definition) is 7. The van der Waals surface area contributed by atoms with Crippen LogP contribution in [0, 0.1) is 0 Å². The van der Waals surface area contributed by atoms with E-state index in [1.807, 2.05) is 24.3 Å². The second-order valence-electron chi connectivity index (χ2n) is 7.40. The third-order valence-electron chi connectivity index (χ3n) is 5.22. The molecule has 8 heteroatoms. The number of rotatable bonds is 5. The van der Waals surface area contributed by atoms with Crippen LogP contribution in [0.3, 0.4) is 0 Å². The molecule has 3 aromatic rings. The fourth-order valence-electron chi connectivity index (χ4n) is 3.64. The van der Waals surface area contributed by atoms with Gasteiger partial charge < -0.3 is 15.5 Å². The van der Waals surface area contributed by atoms with Crippen LogP contribution in [0.1, 0.15) is 25.7 Å². The first-order chi connectivity index (χ1) is 13.6. The van der Waals surface area contributed by atoms with Crippen molar-refractivity contribution in [2.45, 2.75) is 37.8 Å². The maximum atomic E-state index is 6.08. The molecular formula is C20H24ClN7. The van der Waals surface area contributed by atoms with Crippen LogP contribution in [0.4, 0.5) is 17.5 Å². The Hall–Kier alpha value is -2.51. The quantitative estimate of drug-likeness (QED) is 0.670. The molecule has 0 saturated heterocycles. The average molecular weight is 398 g/mol. The lowest BCUT2D eigenvalue weighted by molar-refractivity contribution is 0.221. The number of hydrogen-bond donors (Lipinski definition) is 2. The van der Waals surface area contributed by atoms with Gasteiger partial charge in [0.15, 0.2) is 5.82 Å². The van der Waals surface area contributed by atoms with E-state index in [1.165, 1.54) is 19.2 Å². The smallest absolute Gasteiger partial charge is 0.223 e. The fourth-order valence-corrected chi connectivity index (χ4v) is 3.83. The van der Waals surface area contributed by atoms with Crippen molar-refractivity contribution in [3.63, 3.8) is 0 Å². The van der Waals surface area contributed by atoms with Crippen LogP contribution in [0.25, 0.3) is 11.0 Å². The molecule has 1 aromatic carbocycles. The van der Waals surface area contributed by atoms with E-state index in [9.17, 15) is 0 Å². The van der Waals surface area contributed by atoms with E-state index in [1.54, 1.807) is 6.20 Å². The Morgan fingerprint density at radius 2 is 1.89 bits per heavy atom. The average Bonchev–Trinajstić information content (AvgIpc) is 2.69. The van der Waals surface area contributed by atoms with Crippen molar-refractivity contribution in [1.29, 1.82) is 0 Å². The summed E-state index contributed by atoms with van der Waals surface area (Å²) in [6.07, 6.45) is 7.84. The Morgan fingerprint density at radius 1 is 1.07 bits per heavy atom. The molecule has 7 nitrogen and oxygen atoms in total. The van der Waals surface area contributed by atoms with Crippen molar-refractivity contribution in [1.82, 2.24) is 24.8 Å². The second kappa shape index (κ2) is 8.24. The number of anilines is 3. The molecule has 0 spiro atoms. The van der Waals surface area contributed by atoms with Crippen LogP contribution in [-0.2, 0) is 0 Å². The molecule has 146 valence electrons. The highest BCUT2D eigenvalue weighted by atomic mass is 35.5. The van der Waals surface area contributed by atoms with Crippen LogP contribution in [0.15, 0.2) is 36.8 Å². The van der Waals surface area contributed by atoms with Gasteiger partial charge in [-0.2, -0.15) is 0 Å². The summed E-state index contributed by atoms with van der Waals surface area (Å²) in [6, 6.07) is 8.56. The molecule has 1 aliphatic rings. The van der Waals surface area contributed by atoms with Gasteiger partial charge in [-0.3, -0.25) is 0 Å². The van der Waals surface area contributed by atoms with Gasteiger partial charge in [0.05, 0.1) is 6.20 Å². The number of nitrogens with one attached hydrogen (secondary N) is 2. The summed E-state index contributed by atoms with van der Waals surface area (Å²) in [5, 5.41) is 7.43. The van der Waals surface area contributed by atoms with Gasteiger partial charge in [0.2, 0.25) is 5.95 Å². The molecule has 28 heavy (non-hydrogen) atoms. The molecule has 1 aliphatic carbocycles. The Labute approximate surface area is 169 Å². The summed E-state index contributed by atoms with van der Waals surface area (Å²) in [4.78, 5) is 20.1. The van der Waals surface area contributed by atoms with Gasteiger partial charge in [-0.05, 0) is 58.0 Å². The number of aromatic nitrogens is 4. The zero-order valence-electron chi connectivity index (χ0n) is 16.1. The summed E-state index contributed by atoms with van der Waals surface area (Å²) >= 11 is 6.08. The highest BCUT2D eigenvalue weighted by Gasteiger charge is 2.23. The van der Waals surface area contributed by atoms with E-state index in [2.05, 4.69) is 49.6 Å². The summed E-state index contributed by atoms with van der Waals surface area (Å²) in [7, 11) is 4.30. The van der Waals surface area contributed by atoms with Crippen molar-refractivity contribution < 1.29 is 0 Å². The molecule has 2 heterocycles. The Balaban J connectivity index is 1.53. The van der Waals surface area contributed by atoms with Gasteiger partial charge in [0.25, 0.3) is 0 Å². The zero-order valence-corrected chi connectivity index (χ0v) is 16.8. The molecule has 0 bridgehead atoms. The highest BCUT2D eigenvalue weighted by molar-refractivity contribution is 6.30. The predicted octanol–water partition coefficient (Wildman–Crippen LogP) is 4.10. The van der Waals surface area contributed by atoms with E-state index in [0.717, 1.165) is 18.5 Å². The first kappa shape index (κ1) is 18.8. The number of fused-ring (bicyclic) bond motifs is 1. The van der Waals surface area contributed by atoms with Crippen molar-refractivity contribution in [3.8, 4) is 0 Å². The minimum absolute atomic E-state index is 0.391. The fraction of sp³-hybridized carbons (Fsp3) is 0.400. The van der Waals surface area contributed by atoms with E-state index >= 15 is 0 Å². The molecule has 1 saturated carbocycles. The number of nitrogens with zero attached hydrogens (tertiary/aromatic N) is 5. The summed E-state index contributed by atoms with van der Waals surface area (Å²) in [5.74, 6) is 1.25. The summed E-state index contributed by atoms with van der Waals surface area (Å²) in [6.45, 7) is 0. The molecule has 2 aromatic heterocycles. The SMILES string of the molecule is CN(C)[C@H]1CC[C@H](Nc2ncc3ncnc(Nc4cccc(Cl)c4)c3n2)CC1. The van der Waals surface area contributed by atoms with E-state index < -0.39 is 0 Å². The molecular weight excluding hydrogens is 374 g/mol. The molecule has 0 radical (unpaired) electrons. The molecule has 1 fully saturated rings. The summed E-state index contributed by atoms with van der Waals surface area (Å²) < 4.78 is 0. The van der Waals surface area contributed by atoms with Crippen molar-refractivity contribution in [2.24, 2.45) is 0 Å². The summed E-state index contributed by atoms with van der Waals surface area (Å²) in [5.41, 5.74) is 2.23. The van der Waals surface area contributed by atoms with Gasteiger partial charge >= 0.3 is 0 Å². The highest BCUT2D eigenvalue weighted by Crippen LogP contribution is 2.26. The minimum Gasteiger partial charge on any atom is -0.351 e. The van der Waals surface area contributed by atoms with Gasteiger partial charge in [0.1, 0.15) is 17.4 Å². The lowest BCUT2D eigenvalue weighted by Crippen LogP contribution is -2.36. The lowest BCUT2D eigenvalue weighted by Gasteiger charge is -2.32. The van der Waals surface area contributed by atoms with E-state index in [0.29, 0.717) is 39.9 Å². The van der Waals surface area contributed by atoms with Crippen molar-refractivity contribution in [3.05, 3.63) is 41.8 Å². The first-order valence-electron chi connectivity index (χ1n) is 9.52. The van der Waals surface area contributed by atoms with Crippen LogP contribution in [0.2, 0.25) is 5.02 Å². The minimum atomic E-state index is 0.391. The molecule has 0 unspecified atom stereocenters. The van der Waals surface area contributed by atoms with Crippen LogP contribution in [0.5, 0.6) is 0 Å². The van der Waals surface area contributed by atoms with Gasteiger partial charge in [-0.1, -0.05) is 17.7 Å². The maximum Gasteiger partial charge on any atom is 0.223 e. The molecule has 0 amide bonds. The predicted molar refractivity (Wildman–Crippen MR) is 113 cm³/mol. The lowest BCUT2D eigenvalue weighted by atomic mass is 9.91. The van der Waals surface area contributed by atoms with Gasteiger partial charge in [0, 0.05) is 22.8 Å². The third-order valence-corrected chi connectivity index (χ3v) is 5.46. The molecule has 0 aliphatic heterocycles. The van der Waals surface area contributed by atoms with Crippen LogP contribution in [-0.4, -0.2) is 51.0 Å². The molecule has 4 rings (SSSR count). The Bertz CT molecular complexity index is 954. The topological polar surface area (TPSA) is 78.9 Å². The zero-order chi connectivity index (χ0) is 19.5. The number of halogens is 1. The normalized spacial score (nSPS) is 19.7. The second-order valence-corrected chi connectivity index (χ2v) is 7.83. The van der Waals surface area contributed by atoms with Gasteiger partial charge in [-0.15, -0.1) is 0 Å². The Morgan fingerprint density at radius 3 is 2.64 bits per heavy atom. The molecule has 0 atom stereocenters. The Kier molecular flexibility index (Phi) is 5.54. The number of benzene rings is 1. The van der Waals surface area contributed by atoms with Gasteiger partial charge in [-0.25, -0.2) is 19.9 Å². The monoisotopic (exact) mass is 397 g/mol. The first-order valence-corrected chi connectivity index (χ1v) is 9.89. The van der Waals surface area contributed by atoms with E-state index in [4.69, 9.17) is 11.6 Å². The van der Waals surface area contributed by atoms with Crippen LogP contribution < -0.4 is 10.6 Å². The standard InChI is InChI=1S/C20H24ClN7/c1-28(2)16-8-6-14(7-9-16)26-20-22-11-17-18(27-20)19(24-12-23-17)25-15-5-3-4-13(21)10-15/h3-5,10-12,14,16H,6-9H2,1-2H3,(H,22,26,27)(H,23,24,25)/t14-,16-. The molecule has 2 N–H and O–H groups in total. The third kappa shape index (κ3) is 4.31. The maximum absolute atomic E-state index is 6.08.